The summed E-state index contributed by atoms with van der Waals surface area (Å²) in [7, 11) is 12.8. The molecule has 85 heavy (non-hydrogen) atoms. The van der Waals surface area contributed by atoms with Gasteiger partial charge in [0.15, 0.2) is 69.0 Å². The van der Waals surface area contributed by atoms with Crippen molar-refractivity contribution in [2.75, 3.05) is 77.6 Å². The van der Waals surface area contributed by atoms with Gasteiger partial charge in [0.1, 0.15) is 0 Å². The van der Waals surface area contributed by atoms with Crippen LogP contribution < -0.4 is 80.3 Å². The molecular formula is C65H60N8O12. The molecule has 4 aliphatic heterocycles. The van der Waals surface area contributed by atoms with Crippen LogP contribution in [0.2, 0.25) is 0 Å². The fraction of sp³-hybridized carbons (Fsp3) is 0.138. The minimum absolute atomic E-state index is 0.582. The topological polar surface area (TPSA) is 172 Å². The van der Waals surface area contributed by atoms with Crippen LogP contribution in [0.3, 0.4) is 0 Å². The number of rotatable bonds is 20. The molecule has 4 aliphatic rings. The van der Waals surface area contributed by atoms with E-state index in [1.807, 2.05) is 121 Å². The van der Waals surface area contributed by atoms with E-state index in [0.717, 1.165) is 67.3 Å². The van der Waals surface area contributed by atoms with Crippen molar-refractivity contribution in [2.45, 2.75) is 5.41 Å². The van der Waals surface area contributed by atoms with Gasteiger partial charge in [-0.2, -0.15) is 0 Å². The number of ether oxygens (including phenoxy) is 8. The Bertz CT molecular complexity index is 3370. The predicted octanol–water partition coefficient (Wildman–Crippen LogP) is 11.2. The molecule has 0 amide bonds. The van der Waals surface area contributed by atoms with Crippen LogP contribution in [0.25, 0.3) is 23.0 Å². The molecule has 20 heteroatoms. The number of hydrogen-bond donors (Lipinski definition) is 4. The molecule has 432 valence electrons. The van der Waals surface area contributed by atoms with Gasteiger partial charge in [-0.25, -0.2) is 0 Å². The summed E-state index contributed by atoms with van der Waals surface area (Å²) in [5.41, 5.74) is 22.0. The second-order valence-corrected chi connectivity index (χ2v) is 19.3. The second-order valence-electron chi connectivity index (χ2n) is 19.3. The number of hydrazine groups is 4. The van der Waals surface area contributed by atoms with Gasteiger partial charge in [-0.05, 0) is 144 Å². The zero-order chi connectivity index (χ0) is 58.6. The zero-order valence-corrected chi connectivity index (χ0v) is 47.7. The van der Waals surface area contributed by atoms with E-state index in [1.165, 1.54) is 0 Å². The summed E-state index contributed by atoms with van der Waals surface area (Å²) in [5.74, 6) is 7.14. The van der Waals surface area contributed by atoms with Crippen LogP contribution in [-0.4, -0.2) is 56.9 Å². The average Bonchev–Trinajstić information content (AvgIpc) is 2.31. The maximum absolute atomic E-state index is 6.42. The van der Waals surface area contributed by atoms with E-state index in [2.05, 4.69) is 70.2 Å². The van der Waals surface area contributed by atoms with E-state index >= 15 is 0 Å². The van der Waals surface area contributed by atoms with Crippen molar-refractivity contribution in [1.29, 1.82) is 0 Å². The first kappa shape index (κ1) is 54.3. The molecule has 4 N–H and O–H groups in total. The maximum atomic E-state index is 6.42. The van der Waals surface area contributed by atoms with Gasteiger partial charge >= 0.3 is 0 Å². The van der Waals surface area contributed by atoms with Crippen molar-refractivity contribution in [2.24, 2.45) is 0 Å². The van der Waals surface area contributed by atoms with Crippen molar-refractivity contribution in [3.05, 3.63) is 239 Å². The highest BCUT2D eigenvalue weighted by Crippen LogP contribution is 2.48. The van der Waals surface area contributed by atoms with E-state index in [-0.39, 0.29) is 0 Å². The Hall–Kier alpha value is -11.3. The fourth-order valence-corrected chi connectivity index (χ4v) is 10.5. The van der Waals surface area contributed by atoms with Crippen LogP contribution in [-0.2, 0) is 24.8 Å². The van der Waals surface area contributed by atoms with E-state index in [4.69, 9.17) is 57.2 Å². The maximum Gasteiger partial charge on any atom is 0.182 e. The van der Waals surface area contributed by atoms with Crippen molar-refractivity contribution >= 4 is 45.8 Å². The smallest absolute Gasteiger partial charge is 0.182 e. The lowest BCUT2D eigenvalue weighted by atomic mass is 9.65. The predicted molar refractivity (Wildman–Crippen MR) is 322 cm³/mol. The van der Waals surface area contributed by atoms with E-state index in [9.17, 15) is 0 Å². The van der Waals surface area contributed by atoms with Gasteiger partial charge in [0.2, 0.25) is 0 Å². The normalized spacial score (nSPS) is 14.1. The van der Waals surface area contributed by atoms with Crippen LogP contribution in [0.15, 0.2) is 195 Å². The molecule has 0 unspecified atom stereocenters. The third-order valence-corrected chi connectivity index (χ3v) is 14.8. The summed E-state index contributed by atoms with van der Waals surface area (Å²) in [6, 6.07) is 55.6. The van der Waals surface area contributed by atoms with Gasteiger partial charge < -0.3 is 57.2 Å². The van der Waals surface area contributed by atoms with Crippen molar-refractivity contribution in [3.63, 3.8) is 0 Å². The monoisotopic (exact) mass is 1140 g/mol. The summed E-state index contributed by atoms with van der Waals surface area (Å²) in [4.78, 5) is 25.7. The van der Waals surface area contributed by atoms with Gasteiger partial charge in [0.25, 0.3) is 0 Å². The molecule has 20 nitrogen and oxygen atoms in total. The molecular weight excluding hydrogens is 1080 g/mol. The van der Waals surface area contributed by atoms with Crippen LogP contribution >= 0.6 is 0 Å². The van der Waals surface area contributed by atoms with Gasteiger partial charge in [0, 0.05) is 22.3 Å². The lowest BCUT2D eigenvalue weighted by Crippen LogP contribution is -2.33. The lowest BCUT2D eigenvalue weighted by molar-refractivity contribution is 0.243. The molecule has 0 aliphatic carbocycles. The Morgan fingerprint density at radius 3 is 0.647 bits per heavy atom. The Morgan fingerprint density at radius 1 is 0.259 bits per heavy atom. The van der Waals surface area contributed by atoms with E-state index < -0.39 is 5.41 Å². The van der Waals surface area contributed by atoms with Crippen LogP contribution in [0.4, 0.5) is 22.7 Å². The number of methoxy groups -OCH3 is 8. The number of benzene rings is 8. The largest absolute Gasteiger partial charge is 0.493 e. The standard InChI is InChI=1S/C65H60N8O12/c1-74-53-29-9-41(33-57(53)78-5)61-37-66-70(82-61)49-21-13-45(14-22-49)65(46-15-23-50(24-16-46)71-67-38-62(83-71)42-10-30-54(75-2)58(34-42)79-6,47-17-25-51(26-18-47)72-68-39-63(84-72)43-11-31-55(76-3)59(35-43)80-7)48-19-27-52(28-20-48)73-69-40-64(85-73)44-12-32-56(77-4)60(36-44)81-8/h9-40,66-69H,1-8H3. The number of nitrogens with one attached hydrogen (secondary N) is 4. The molecule has 12 rings (SSSR count). The Balaban J connectivity index is 0.916. The first-order valence-electron chi connectivity index (χ1n) is 26.8. The molecule has 0 bridgehead atoms. The molecule has 0 fully saturated rings. The van der Waals surface area contributed by atoms with Crippen LogP contribution in [0.5, 0.6) is 46.0 Å². The lowest BCUT2D eigenvalue weighted by Gasteiger charge is -2.37. The van der Waals surface area contributed by atoms with Gasteiger partial charge in [-0.15, -0.1) is 20.7 Å². The molecule has 0 atom stereocenters. The molecule has 0 saturated carbocycles. The highest BCUT2D eigenvalue weighted by molar-refractivity contribution is 5.72. The number of anilines is 4. The molecule has 0 radical (unpaired) electrons. The molecule has 0 aromatic heterocycles. The van der Waals surface area contributed by atoms with Crippen molar-refractivity contribution in [3.8, 4) is 46.0 Å². The third-order valence-electron chi connectivity index (χ3n) is 14.8. The summed E-state index contributed by atoms with van der Waals surface area (Å²) < 4.78 is 44.4. The van der Waals surface area contributed by atoms with Crippen LogP contribution in [0.1, 0.15) is 44.5 Å². The first-order chi connectivity index (χ1) is 41.7. The molecule has 0 saturated heterocycles. The fourth-order valence-electron chi connectivity index (χ4n) is 10.5. The Labute approximate surface area is 491 Å². The van der Waals surface area contributed by atoms with Crippen molar-refractivity contribution < 1.29 is 57.2 Å². The van der Waals surface area contributed by atoms with Gasteiger partial charge in [-0.1, -0.05) is 48.5 Å². The zero-order valence-electron chi connectivity index (χ0n) is 47.7. The number of nitrogens with zero attached hydrogens (tertiary/aromatic N) is 4. The van der Waals surface area contributed by atoms with Gasteiger partial charge in [0.05, 0.1) is 110 Å². The average molecular weight is 1150 g/mol. The molecule has 8 aromatic rings. The highest BCUT2D eigenvalue weighted by Gasteiger charge is 2.40. The molecule has 8 aromatic carbocycles. The summed E-state index contributed by atoms with van der Waals surface area (Å²) >= 11 is 0. The minimum atomic E-state index is -0.996. The van der Waals surface area contributed by atoms with Crippen molar-refractivity contribution in [1.82, 2.24) is 21.7 Å². The Morgan fingerprint density at radius 2 is 0.459 bits per heavy atom. The quantitative estimate of drug-likeness (QED) is 0.0531. The highest BCUT2D eigenvalue weighted by atomic mass is 16.7. The van der Waals surface area contributed by atoms with Crippen LogP contribution in [0, 0.1) is 0 Å². The second kappa shape index (κ2) is 23.3. The minimum Gasteiger partial charge on any atom is -0.493 e. The molecule has 0 spiro atoms. The third kappa shape index (κ3) is 10.2. The Kier molecular flexibility index (Phi) is 14.9. The van der Waals surface area contributed by atoms with Gasteiger partial charge in [-0.3, -0.25) is 21.7 Å². The SMILES string of the molecule is COc1ccc(C2=CNN(c3ccc(C(c4ccc(N5NC=C(c6ccc(OC)c(OC)c6)O5)cc4)(c4ccc(N5NC=C(c6ccc(OC)c(OC)c6)O5)cc4)c4ccc(N5NC=C(c6ccc(OC)c(OC)c6)O5)cc4)cc3)O2)cc1OC. The van der Waals surface area contributed by atoms with E-state index in [1.54, 1.807) is 102 Å². The summed E-state index contributed by atoms with van der Waals surface area (Å²) in [5, 5.41) is 6.46. The molecule has 4 heterocycles. The number of hydrogen-bond acceptors (Lipinski definition) is 20. The van der Waals surface area contributed by atoms with E-state index in [0.29, 0.717) is 69.0 Å². The summed E-state index contributed by atoms with van der Waals surface area (Å²) in [6.07, 6.45) is 7.19. The first-order valence-corrected chi connectivity index (χ1v) is 26.8. The summed E-state index contributed by atoms with van der Waals surface area (Å²) in [6.45, 7) is 0.